The Kier molecular flexibility index (Phi) is 6.47. The summed E-state index contributed by atoms with van der Waals surface area (Å²) in [7, 11) is 2.87. The molecule has 9 heteroatoms. The topological polar surface area (TPSA) is 96.2 Å². The van der Waals surface area contributed by atoms with Crippen LogP contribution in [0.4, 0.5) is 0 Å². The molecule has 2 heterocycles. The summed E-state index contributed by atoms with van der Waals surface area (Å²) in [4.78, 5) is 42.3. The smallest absolute Gasteiger partial charge is 0.338 e. The average molecular weight is 479 g/mol. The third kappa shape index (κ3) is 4.42. The number of fused-ring (bicyclic) bond motifs is 1. The second kappa shape index (κ2) is 9.48. The van der Waals surface area contributed by atoms with Gasteiger partial charge in [0.05, 0.1) is 36.1 Å². The van der Waals surface area contributed by atoms with E-state index in [-0.39, 0.29) is 5.56 Å². The van der Waals surface area contributed by atoms with E-state index in [2.05, 4.69) is 4.99 Å². The fraction of sp³-hybridized carbons (Fsp3) is 0.200. The quantitative estimate of drug-likeness (QED) is 0.413. The van der Waals surface area contributed by atoms with Gasteiger partial charge in [0.15, 0.2) is 4.80 Å². The van der Waals surface area contributed by atoms with Crippen LogP contribution in [0, 0.1) is 0 Å². The molecule has 0 saturated carbocycles. The fourth-order valence-electron chi connectivity index (χ4n) is 3.74. The molecule has 1 aliphatic rings. The minimum Gasteiger partial charge on any atom is -0.497 e. The lowest BCUT2D eigenvalue weighted by molar-refractivity contribution is -0.136. The first-order valence-corrected chi connectivity index (χ1v) is 11.2. The highest BCUT2D eigenvalue weighted by Gasteiger charge is 2.33. The molecule has 174 valence electrons. The van der Waals surface area contributed by atoms with Gasteiger partial charge in [-0.3, -0.25) is 14.2 Å². The molecule has 1 atom stereocenters. The second-order valence-corrected chi connectivity index (χ2v) is 8.52. The van der Waals surface area contributed by atoms with Crippen molar-refractivity contribution in [3.05, 3.63) is 90.6 Å². The van der Waals surface area contributed by atoms with Crippen LogP contribution in [0.1, 0.15) is 31.0 Å². The van der Waals surface area contributed by atoms with E-state index in [9.17, 15) is 14.4 Å². The maximum absolute atomic E-state index is 13.5. The van der Waals surface area contributed by atoms with E-state index in [0.29, 0.717) is 32.1 Å². The number of benzene rings is 2. The number of ether oxygens (including phenoxy) is 3. The summed E-state index contributed by atoms with van der Waals surface area (Å²) in [5.41, 5.74) is 2.01. The summed E-state index contributed by atoms with van der Waals surface area (Å²) < 4.78 is 17.3. The number of aromatic nitrogens is 1. The van der Waals surface area contributed by atoms with Crippen molar-refractivity contribution in [3.63, 3.8) is 0 Å². The first-order valence-electron chi connectivity index (χ1n) is 10.4. The summed E-state index contributed by atoms with van der Waals surface area (Å²) in [6.07, 6.45) is 1.74. The van der Waals surface area contributed by atoms with Gasteiger partial charge in [-0.1, -0.05) is 35.6 Å². The maximum Gasteiger partial charge on any atom is 0.338 e. The number of hydrogen-bond donors (Lipinski definition) is 0. The van der Waals surface area contributed by atoms with E-state index in [1.165, 1.54) is 29.9 Å². The lowest BCUT2D eigenvalue weighted by Gasteiger charge is -2.24. The Balaban J connectivity index is 1.86. The fourth-order valence-corrected chi connectivity index (χ4v) is 4.79. The first-order chi connectivity index (χ1) is 16.3. The maximum atomic E-state index is 13.5. The molecule has 3 aromatic rings. The molecule has 1 aromatic heterocycles. The number of esters is 2. The van der Waals surface area contributed by atoms with Crippen LogP contribution in [0.15, 0.2) is 69.6 Å². The van der Waals surface area contributed by atoms with Crippen LogP contribution in [0.5, 0.6) is 11.5 Å². The molecule has 0 unspecified atom stereocenters. The molecule has 0 radical (unpaired) electrons. The third-order valence-corrected chi connectivity index (χ3v) is 6.28. The molecule has 2 aromatic carbocycles. The summed E-state index contributed by atoms with van der Waals surface area (Å²) in [5.74, 6) is 0.131. The van der Waals surface area contributed by atoms with Crippen LogP contribution in [0.2, 0.25) is 0 Å². The number of carbonyl (C=O) groups is 2. The van der Waals surface area contributed by atoms with E-state index >= 15 is 0 Å². The number of thiazole rings is 1. The molecule has 0 saturated heterocycles. The van der Waals surface area contributed by atoms with Crippen molar-refractivity contribution in [2.75, 3.05) is 14.2 Å². The molecular weight excluding hydrogens is 456 g/mol. The number of rotatable bonds is 5. The Hall–Kier alpha value is -3.98. The number of hydrogen-bond acceptors (Lipinski definition) is 8. The molecule has 0 aliphatic carbocycles. The monoisotopic (exact) mass is 478 g/mol. The molecule has 0 bridgehead atoms. The highest BCUT2D eigenvalue weighted by atomic mass is 32.1. The van der Waals surface area contributed by atoms with Gasteiger partial charge in [0, 0.05) is 6.92 Å². The molecule has 34 heavy (non-hydrogen) atoms. The van der Waals surface area contributed by atoms with Gasteiger partial charge in [0.1, 0.15) is 11.5 Å². The Bertz CT molecular complexity index is 1460. The summed E-state index contributed by atoms with van der Waals surface area (Å²) in [6, 6.07) is 13.3. The van der Waals surface area contributed by atoms with Crippen LogP contribution < -0.4 is 24.4 Å². The molecule has 0 N–H and O–H groups in total. The Morgan fingerprint density at radius 1 is 1.03 bits per heavy atom. The highest BCUT2D eigenvalue weighted by molar-refractivity contribution is 7.07. The Morgan fingerprint density at radius 2 is 1.68 bits per heavy atom. The van der Waals surface area contributed by atoms with Crippen molar-refractivity contribution in [2.45, 2.75) is 19.9 Å². The number of nitrogens with zero attached hydrogens (tertiary/aromatic N) is 2. The van der Waals surface area contributed by atoms with Crippen molar-refractivity contribution in [1.29, 1.82) is 0 Å². The van der Waals surface area contributed by atoms with Gasteiger partial charge < -0.3 is 14.2 Å². The predicted molar refractivity (Wildman–Crippen MR) is 127 cm³/mol. The standard InChI is InChI=1S/C25H22N2O6S/c1-14-21(24(30)32-4)22(17-7-11-18(31-3)12-8-17)27-23(29)20(34-25(27)26-14)13-16-5-9-19(10-6-16)33-15(2)28/h5-13,22H,1-4H3/b20-13+/t22-/m0/s1. The lowest BCUT2D eigenvalue weighted by atomic mass is 9.96. The number of carbonyl (C=O) groups excluding carboxylic acids is 2. The van der Waals surface area contributed by atoms with Crippen molar-refractivity contribution in [1.82, 2.24) is 4.57 Å². The largest absolute Gasteiger partial charge is 0.497 e. The van der Waals surface area contributed by atoms with E-state index in [1.807, 2.05) is 12.1 Å². The SMILES string of the molecule is COC(=O)C1=C(C)N=c2s/c(=C/c3ccc(OC(C)=O)cc3)c(=O)n2[C@H]1c1ccc(OC)cc1. The minimum atomic E-state index is -0.692. The zero-order chi connectivity index (χ0) is 24.4. The Morgan fingerprint density at radius 3 is 2.26 bits per heavy atom. The van der Waals surface area contributed by atoms with Gasteiger partial charge in [0.2, 0.25) is 0 Å². The summed E-state index contributed by atoms with van der Waals surface area (Å²) in [6.45, 7) is 3.06. The molecule has 4 rings (SSSR count). The van der Waals surface area contributed by atoms with Crippen LogP contribution in [0.3, 0.4) is 0 Å². The highest BCUT2D eigenvalue weighted by Crippen LogP contribution is 2.31. The summed E-state index contributed by atoms with van der Waals surface area (Å²) >= 11 is 1.23. The molecule has 1 aliphatic heterocycles. The van der Waals surface area contributed by atoms with Gasteiger partial charge >= 0.3 is 11.9 Å². The van der Waals surface area contributed by atoms with Gasteiger partial charge in [-0.05, 0) is 48.4 Å². The normalized spacial score (nSPS) is 15.4. The molecule has 8 nitrogen and oxygen atoms in total. The van der Waals surface area contributed by atoms with Crippen LogP contribution >= 0.6 is 11.3 Å². The predicted octanol–water partition coefficient (Wildman–Crippen LogP) is 2.34. The van der Waals surface area contributed by atoms with Gasteiger partial charge in [-0.15, -0.1) is 0 Å². The number of allylic oxidation sites excluding steroid dienone is 1. The van der Waals surface area contributed by atoms with Crippen LogP contribution in [-0.4, -0.2) is 30.7 Å². The minimum absolute atomic E-state index is 0.275. The second-order valence-electron chi connectivity index (χ2n) is 7.51. The van der Waals surface area contributed by atoms with E-state index < -0.39 is 18.0 Å². The number of methoxy groups -OCH3 is 2. The van der Waals surface area contributed by atoms with Gasteiger partial charge in [0.25, 0.3) is 5.56 Å². The van der Waals surface area contributed by atoms with E-state index in [0.717, 1.165) is 11.1 Å². The van der Waals surface area contributed by atoms with Gasteiger partial charge in [-0.2, -0.15) is 0 Å². The lowest BCUT2D eigenvalue weighted by Crippen LogP contribution is -2.39. The first kappa shape index (κ1) is 23.2. The third-order valence-electron chi connectivity index (χ3n) is 5.30. The van der Waals surface area contributed by atoms with E-state index in [1.54, 1.807) is 56.5 Å². The van der Waals surface area contributed by atoms with Crippen molar-refractivity contribution in [2.24, 2.45) is 4.99 Å². The average Bonchev–Trinajstić information content (AvgIpc) is 3.13. The molecule has 0 fully saturated rings. The molecule has 0 spiro atoms. The van der Waals surface area contributed by atoms with E-state index in [4.69, 9.17) is 14.2 Å². The van der Waals surface area contributed by atoms with Crippen molar-refractivity contribution < 1.29 is 23.8 Å². The zero-order valence-electron chi connectivity index (χ0n) is 19.0. The van der Waals surface area contributed by atoms with Crippen LogP contribution in [0.25, 0.3) is 6.08 Å². The van der Waals surface area contributed by atoms with Crippen LogP contribution in [-0.2, 0) is 14.3 Å². The summed E-state index contributed by atoms with van der Waals surface area (Å²) in [5, 5.41) is 0. The zero-order valence-corrected chi connectivity index (χ0v) is 19.8. The van der Waals surface area contributed by atoms with Gasteiger partial charge in [-0.25, -0.2) is 9.79 Å². The Labute approximate surface area is 199 Å². The van der Waals surface area contributed by atoms with Crippen molar-refractivity contribution in [3.8, 4) is 11.5 Å². The van der Waals surface area contributed by atoms with Crippen molar-refractivity contribution >= 4 is 29.4 Å². The molecular formula is C25H22N2O6S. The molecule has 0 amide bonds.